The monoisotopic (exact) mass is 353 g/mol. The molecule has 0 aliphatic carbocycles. The van der Waals surface area contributed by atoms with Crippen LogP contribution in [0.25, 0.3) is 0 Å². The van der Waals surface area contributed by atoms with Crippen molar-refractivity contribution in [1.82, 2.24) is 5.32 Å². The first-order valence-electron chi connectivity index (χ1n) is 8.21. The second kappa shape index (κ2) is 11.4. The highest BCUT2D eigenvalue weighted by molar-refractivity contribution is 5.74. The van der Waals surface area contributed by atoms with Crippen molar-refractivity contribution in [2.75, 3.05) is 39.6 Å². The smallest absolute Gasteiger partial charge is 0.407 e. The van der Waals surface area contributed by atoms with E-state index < -0.39 is 11.7 Å². The van der Waals surface area contributed by atoms with E-state index in [1.807, 2.05) is 20.8 Å². The summed E-state index contributed by atoms with van der Waals surface area (Å²) < 4.78 is 21.3. The molecule has 0 aliphatic rings. The minimum atomic E-state index is -0.503. The maximum Gasteiger partial charge on any atom is 0.407 e. The van der Waals surface area contributed by atoms with Gasteiger partial charge in [-0.15, -0.1) is 0 Å². The van der Waals surface area contributed by atoms with Crippen LogP contribution in [-0.4, -0.2) is 57.6 Å². The van der Waals surface area contributed by atoms with Crippen LogP contribution in [0.15, 0.2) is 24.3 Å². The molecule has 0 aliphatic heterocycles. The first-order chi connectivity index (χ1) is 11.9. The Bertz CT molecular complexity index is 509. The summed E-state index contributed by atoms with van der Waals surface area (Å²) in [6.45, 7) is 7.94. The molecule has 1 N–H and O–H groups in total. The predicted octanol–water partition coefficient (Wildman–Crippen LogP) is 2.44. The Hall–Kier alpha value is -2.12. The van der Waals surface area contributed by atoms with Gasteiger partial charge in [0.2, 0.25) is 0 Å². The molecule has 0 fully saturated rings. The summed E-state index contributed by atoms with van der Waals surface area (Å²) in [5.74, 6) is 0.693. The summed E-state index contributed by atoms with van der Waals surface area (Å²) in [5, 5.41) is 2.61. The lowest BCUT2D eigenvalue weighted by Gasteiger charge is -2.19. The molecule has 25 heavy (non-hydrogen) atoms. The molecule has 1 aromatic rings. The molecule has 0 unspecified atom stereocenters. The van der Waals surface area contributed by atoms with Crippen molar-refractivity contribution < 1.29 is 28.5 Å². The van der Waals surface area contributed by atoms with E-state index in [0.717, 1.165) is 6.29 Å². The van der Waals surface area contributed by atoms with Crippen LogP contribution in [0.1, 0.15) is 31.1 Å². The van der Waals surface area contributed by atoms with E-state index in [1.165, 1.54) is 0 Å². The normalized spacial score (nSPS) is 11.0. The van der Waals surface area contributed by atoms with Crippen molar-refractivity contribution in [3.63, 3.8) is 0 Å². The highest BCUT2D eigenvalue weighted by atomic mass is 16.6. The summed E-state index contributed by atoms with van der Waals surface area (Å²) in [6.07, 6.45) is 0.335. The van der Waals surface area contributed by atoms with Crippen LogP contribution < -0.4 is 10.1 Å². The highest BCUT2D eigenvalue weighted by Gasteiger charge is 2.15. The molecule has 0 bridgehead atoms. The van der Waals surface area contributed by atoms with Gasteiger partial charge in [0.15, 0.2) is 0 Å². The Labute approximate surface area is 148 Å². The number of hydrogen-bond acceptors (Lipinski definition) is 6. The molecule has 1 rings (SSSR count). The van der Waals surface area contributed by atoms with Gasteiger partial charge >= 0.3 is 6.09 Å². The van der Waals surface area contributed by atoms with E-state index in [-0.39, 0.29) is 0 Å². The fourth-order valence-corrected chi connectivity index (χ4v) is 1.72. The van der Waals surface area contributed by atoms with E-state index in [1.54, 1.807) is 24.3 Å². The van der Waals surface area contributed by atoms with Gasteiger partial charge < -0.3 is 24.3 Å². The number of aldehydes is 1. The van der Waals surface area contributed by atoms with Crippen molar-refractivity contribution in [3.8, 4) is 5.75 Å². The van der Waals surface area contributed by atoms with Crippen molar-refractivity contribution >= 4 is 12.4 Å². The topological polar surface area (TPSA) is 83.1 Å². The van der Waals surface area contributed by atoms with Gasteiger partial charge in [-0.3, -0.25) is 4.79 Å². The number of hydrogen-bond donors (Lipinski definition) is 1. The Balaban J connectivity index is 1.91. The van der Waals surface area contributed by atoms with Crippen LogP contribution in [0.4, 0.5) is 4.79 Å². The highest BCUT2D eigenvalue weighted by Crippen LogP contribution is 2.10. The number of amides is 1. The molecule has 7 heteroatoms. The maximum atomic E-state index is 11.4. The van der Waals surface area contributed by atoms with Crippen LogP contribution >= 0.6 is 0 Å². The third-order valence-electron chi connectivity index (χ3n) is 2.80. The van der Waals surface area contributed by atoms with Crippen LogP contribution in [0, 0.1) is 0 Å². The average Bonchev–Trinajstić information content (AvgIpc) is 2.55. The molecule has 140 valence electrons. The minimum Gasteiger partial charge on any atom is -0.491 e. The second-order valence-electron chi connectivity index (χ2n) is 6.19. The Morgan fingerprint density at radius 2 is 1.60 bits per heavy atom. The first kappa shape index (κ1) is 20.9. The number of carbonyl (C=O) groups is 2. The number of alkyl carbamates (subject to hydrolysis) is 1. The van der Waals surface area contributed by atoms with E-state index in [9.17, 15) is 9.59 Å². The van der Waals surface area contributed by atoms with Gasteiger partial charge in [0, 0.05) is 12.1 Å². The first-order valence-corrected chi connectivity index (χ1v) is 8.21. The third-order valence-corrected chi connectivity index (χ3v) is 2.80. The lowest BCUT2D eigenvalue weighted by Crippen LogP contribution is -2.34. The van der Waals surface area contributed by atoms with Crippen LogP contribution in [0.3, 0.4) is 0 Å². The van der Waals surface area contributed by atoms with Crippen LogP contribution in [-0.2, 0) is 14.2 Å². The van der Waals surface area contributed by atoms with Gasteiger partial charge in [-0.2, -0.15) is 0 Å². The van der Waals surface area contributed by atoms with Gasteiger partial charge in [0.1, 0.15) is 24.2 Å². The summed E-state index contributed by atoms with van der Waals surface area (Å²) in [6, 6.07) is 6.87. The Morgan fingerprint density at radius 1 is 1.00 bits per heavy atom. The fourth-order valence-electron chi connectivity index (χ4n) is 1.72. The molecule has 0 heterocycles. The molecule has 7 nitrogen and oxygen atoms in total. The van der Waals surface area contributed by atoms with E-state index in [2.05, 4.69) is 5.32 Å². The van der Waals surface area contributed by atoms with Crippen molar-refractivity contribution in [2.24, 2.45) is 0 Å². The van der Waals surface area contributed by atoms with Gasteiger partial charge in [0.25, 0.3) is 0 Å². The zero-order valence-electron chi connectivity index (χ0n) is 15.1. The van der Waals surface area contributed by atoms with E-state index in [4.69, 9.17) is 18.9 Å². The number of carbonyl (C=O) groups excluding carboxylic acids is 2. The molecular formula is C18H27NO6. The molecule has 0 aromatic heterocycles. The molecule has 1 aromatic carbocycles. The standard InChI is InChI=1S/C18H27NO6/c1-18(2,3)25-17(21)19-8-9-22-10-11-23-12-13-24-16-6-4-15(14-20)5-7-16/h4-7,14H,8-13H2,1-3H3,(H,19,21). The van der Waals surface area contributed by atoms with Gasteiger partial charge in [-0.05, 0) is 45.0 Å². The van der Waals surface area contributed by atoms with Gasteiger partial charge in [-0.25, -0.2) is 4.79 Å². The minimum absolute atomic E-state index is 0.384. The molecule has 1 amide bonds. The maximum absolute atomic E-state index is 11.4. The number of rotatable bonds is 11. The zero-order chi connectivity index (χ0) is 18.5. The summed E-state index contributed by atoms with van der Waals surface area (Å²) in [7, 11) is 0. The second-order valence-corrected chi connectivity index (χ2v) is 6.19. The molecular weight excluding hydrogens is 326 g/mol. The Kier molecular flexibility index (Phi) is 9.57. The third kappa shape index (κ3) is 11.1. The quantitative estimate of drug-likeness (QED) is 0.486. The van der Waals surface area contributed by atoms with Crippen molar-refractivity contribution in [2.45, 2.75) is 26.4 Å². The average molecular weight is 353 g/mol. The number of benzene rings is 1. The van der Waals surface area contributed by atoms with E-state index in [0.29, 0.717) is 50.9 Å². The molecule has 0 radical (unpaired) electrons. The molecule has 0 spiro atoms. The van der Waals surface area contributed by atoms with E-state index >= 15 is 0 Å². The van der Waals surface area contributed by atoms with Crippen molar-refractivity contribution in [3.05, 3.63) is 29.8 Å². The molecule has 0 saturated carbocycles. The lowest BCUT2D eigenvalue weighted by molar-refractivity contribution is 0.0327. The zero-order valence-corrected chi connectivity index (χ0v) is 15.1. The van der Waals surface area contributed by atoms with Crippen LogP contribution in [0.5, 0.6) is 5.75 Å². The summed E-state index contributed by atoms with van der Waals surface area (Å²) >= 11 is 0. The van der Waals surface area contributed by atoms with Gasteiger partial charge in [-0.1, -0.05) is 0 Å². The fraction of sp³-hybridized carbons (Fsp3) is 0.556. The Morgan fingerprint density at radius 3 is 2.20 bits per heavy atom. The lowest BCUT2D eigenvalue weighted by atomic mass is 10.2. The van der Waals surface area contributed by atoms with Gasteiger partial charge in [0.05, 0.1) is 26.4 Å². The number of ether oxygens (including phenoxy) is 4. The van der Waals surface area contributed by atoms with Crippen molar-refractivity contribution in [1.29, 1.82) is 0 Å². The van der Waals surface area contributed by atoms with Crippen LogP contribution in [0.2, 0.25) is 0 Å². The number of nitrogens with one attached hydrogen (secondary N) is 1. The summed E-state index contributed by atoms with van der Waals surface area (Å²) in [5.41, 5.74) is 0.110. The molecule has 0 atom stereocenters. The molecule has 0 saturated heterocycles. The summed E-state index contributed by atoms with van der Waals surface area (Å²) in [4.78, 5) is 21.9. The largest absolute Gasteiger partial charge is 0.491 e. The predicted molar refractivity (Wildman–Crippen MR) is 93.2 cm³/mol. The SMILES string of the molecule is CC(C)(C)OC(=O)NCCOCCOCCOc1ccc(C=O)cc1.